The van der Waals surface area contributed by atoms with Gasteiger partial charge in [0.15, 0.2) is 0 Å². The lowest BCUT2D eigenvalue weighted by Gasteiger charge is -2.23. The van der Waals surface area contributed by atoms with Crippen LogP contribution in [0.2, 0.25) is 5.02 Å². The highest BCUT2D eigenvalue weighted by atomic mass is 35.5. The maximum atomic E-state index is 12.6. The quantitative estimate of drug-likeness (QED) is 0.852. The lowest BCUT2D eigenvalue weighted by atomic mass is 10.2. The van der Waals surface area contributed by atoms with Crippen LogP contribution < -0.4 is 0 Å². The van der Waals surface area contributed by atoms with Crippen molar-refractivity contribution in [1.82, 2.24) is 14.9 Å². The van der Waals surface area contributed by atoms with Crippen molar-refractivity contribution in [3.8, 4) is 0 Å². The molecule has 2 heterocycles. The number of amides is 1. The topological polar surface area (TPSA) is 46.1 Å². The van der Waals surface area contributed by atoms with Crippen molar-refractivity contribution < 1.29 is 4.79 Å². The van der Waals surface area contributed by atoms with Gasteiger partial charge in [0.05, 0.1) is 11.9 Å². The van der Waals surface area contributed by atoms with Gasteiger partial charge in [-0.1, -0.05) is 23.7 Å². The van der Waals surface area contributed by atoms with E-state index in [0.29, 0.717) is 17.3 Å². The average molecular weight is 320 g/mol. The molecule has 1 aliphatic rings. The number of carbonyl (C=O) groups is 1. The van der Waals surface area contributed by atoms with E-state index in [4.69, 9.17) is 11.6 Å². The van der Waals surface area contributed by atoms with E-state index < -0.39 is 0 Å². The highest BCUT2D eigenvalue weighted by molar-refractivity contribution is 7.99. The molecule has 0 saturated carbocycles. The summed E-state index contributed by atoms with van der Waals surface area (Å²) in [5.74, 6) is 0.839. The van der Waals surface area contributed by atoms with E-state index >= 15 is 0 Å². The minimum absolute atomic E-state index is 0.0119. The van der Waals surface area contributed by atoms with E-state index in [1.54, 1.807) is 24.2 Å². The molecule has 0 N–H and O–H groups in total. The highest BCUT2D eigenvalue weighted by Gasteiger charge is 2.31. The number of rotatable bonds is 2. The number of hydrogen-bond donors (Lipinski definition) is 0. The summed E-state index contributed by atoms with van der Waals surface area (Å²) in [5, 5.41) is 0.710. The van der Waals surface area contributed by atoms with Crippen LogP contribution in [0.25, 0.3) is 0 Å². The van der Waals surface area contributed by atoms with Crippen LogP contribution in [-0.2, 0) is 0 Å². The third-order valence-corrected chi connectivity index (χ3v) is 4.82. The summed E-state index contributed by atoms with van der Waals surface area (Å²) < 4.78 is 0. The van der Waals surface area contributed by atoms with Gasteiger partial charge < -0.3 is 4.90 Å². The molecule has 0 aliphatic carbocycles. The van der Waals surface area contributed by atoms with Gasteiger partial charge in [-0.2, -0.15) is 0 Å². The molecule has 0 radical (unpaired) electrons. The Morgan fingerprint density at radius 2 is 2.05 bits per heavy atom. The van der Waals surface area contributed by atoms with Crippen LogP contribution in [0.3, 0.4) is 0 Å². The highest BCUT2D eigenvalue weighted by Crippen LogP contribution is 2.38. The van der Waals surface area contributed by atoms with Crippen molar-refractivity contribution in [1.29, 1.82) is 0 Å². The first-order valence-corrected chi connectivity index (χ1v) is 8.04. The normalized spacial score (nSPS) is 18.0. The number of nitrogens with zero attached hydrogens (tertiary/aromatic N) is 3. The number of aromatic nitrogens is 2. The maximum absolute atomic E-state index is 12.6. The first kappa shape index (κ1) is 14.4. The van der Waals surface area contributed by atoms with Crippen LogP contribution in [0.4, 0.5) is 0 Å². The minimum Gasteiger partial charge on any atom is -0.320 e. The lowest BCUT2D eigenvalue weighted by molar-refractivity contribution is 0.0754. The summed E-state index contributed by atoms with van der Waals surface area (Å²) in [6, 6.07) is 7.63. The molecule has 0 bridgehead atoms. The van der Waals surface area contributed by atoms with Crippen LogP contribution in [0, 0.1) is 6.92 Å². The lowest BCUT2D eigenvalue weighted by Crippen LogP contribution is -2.31. The molecule has 1 aromatic carbocycles. The number of aryl methyl sites for hydroxylation is 1. The molecular weight excluding hydrogens is 306 g/mol. The van der Waals surface area contributed by atoms with Gasteiger partial charge in [0.1, 0.15) is 11.1 Å². The zero-order valence-electron chi connectivity index (χ0n) is 11.5. The zero-order valence-corrected chi connectivity index (χ0v) is 13.1. The smallest absolute Gasteiger partial charge is 0.275 e. The summed E-state index contributed by atoms with van der Waals surface area (Å²) in [5.41, 5.74) is 2.27. The average Bonchev–Trinajstić information content (AvgIpc) is 2.97. The van der Waals surface area contributed by atoms with Gasteiger partial charge in [0, 0.05) is 23.5 Å². The van der Waals surface area contributed by atoms with Gasteiger partial charge in [-0.15, -0.1) is 11.8 Å². The number of hydrogen-bond acceptors (Lipinski definition) is 4. The fourth-order valence-corrected chi connectivity index (χ4v) is 3.61. The molecule has 1 unspecified atom stereocenters. The van der Waals surface area contributed by atoms with Crippen molar-refractivity contribution in [2.24, 2.45) is 0 Å². The van der Waals surface area contributed by atoms with Gasteiger partial charge in [0.25, 0.3) is 5.91 Å². The van der Waals surface area contributed by atoms with Crippen molar-refractivity contribution in [2.75, 3.05) is 12.3 Å². The summed E-state index contributed by atoms with van der Waals surface area (Å²) in [6.45, 7) is 2.57. The second-order valence-electron chi connectivity index (χ2n) is 4.82. The van der Waals surface area contributed by atoms with Crippen molar-refractivity contribution >= 4 is 29.3 Å². The molecule has 1 aromatic heterocycles. The molecule has 6 heteroatoms. The summed E-state index contributed by atoms with van der Waals surface area (Å²) in [4.78, 5) is 22.8. The van der Waals surface area contributed by atoms with Gasteiger partial charge >= 0.3 is 0 Å². The summed E-state index contributed by atoms with van der Waals surface area (Å²) in [7, 11) is 0. The largest absolute Gasteiger partial charge is 0.320 e. The van der Waals surface area contributed by atoms with Gasteiger partial charge in [0.2, 0.25) is 0 Å². The molecule has 1 aliphatic heterocycles. The number of benzene rings is 1. The Kier molecular flexibility index (Phi) is 4.12. The predicted octanol–water partition coefficient (Wildman–Crippen LogP) is 3.33. The van der Waals surface area contributed by atoms with E-state index in [-0.39, 0.29) is 11.3 Å². The molecule has 3 rings (SSSR count). The van der Waals surface area contributed by atoms with Crippen molar-refractivity contribution in [3.05, 3.63) is 58.6 Å². The number of halogens is 1. The second-order valence-corrected chi connectivity index (χ2v) is 6.44. The van der Waals surface area contributed by atoms with Crippen LogP contribution >= 0.6 is 23.4 Å². The Hall–Kier alpha value is -1.59. The summed E-state index contributed by atoms with van der Waals surface area (Å²) >= 11 is 7.67. The van der Waals surface area contributed by atoms with Crippen molar-refractivity contribution in [3.63, 3.8) is 0 Å². The molecule has 1 amide bonds. The molecule has 2 aromatic rings. The molecule has 21 heavy (non-hydrogen) atoms. The Morgan fingerprint density at radius 3 is 2.71 bits per heavy atom. The minimum atomic E-state index is -0.0764. The first-order chi connectivity index (χ1) is 10.1. The third-order valence-electron chi connectivity index (χ3n) is 3.31. The number of thioether (sulfide) groups is 1. The molecule has 4 nitrogen and oxygen atoms in total. The monoisotopic (exact) mass is 319 g/mol. The maximum Gasteiger partial charge on any atom is 0.275 e. The standard InChI is InChI=1S/C15H14ClN3OS/c1-10-8-18-13(9-17-10)14(20)19-6-7-21-15(19)11-2-4-12(16)5-3-11/h2-5,8-9,15H,6-7H2,1H3. The van der Waals surface area contributed by atoms with Crippen LogP contribution in [-0.4, -0.2) is 33.1 Å². The molecule has 108 valence electrons. The SMILES string of the molecule is Cc1cnc(C(=O)N2CCSC2c2ccc(Cl)cc2)cn1. The van der Waals surface area contributed by atoms with E-state index in [1.165, 1.54) is 0 Å². The Labute approximate surface area is 132 Å². The summed E-state index contributed by atoms with van der Waals surface area (Å²) in [6.07, 6.45) is 3.16. The number of carbonyl (C=O) groups excluding carboxylic acids is 1. The molecule has 1 saturated heterocycles. The van der Waals surface area contributed by atoms with Crippen LogP contribution in [0.1, 0.15) is 27.1 Å². The molecule has 1 fully saturated rings. The predicted molar refractivity (Wildman–Crippen MR) is 84.5 cm³/mol. The second kappa shape index (κ2) is 6.03. The molecule has 1 atom stereocenters. The van der Waals surface area contributed by atoms with Gasteiger partial charge in [-0.3, -0.25) is 9.78 Å². The van der Waals surface area contributed by atoms with E-state index in [1.807, 2.05) is 36.1 Å². The van der Waals surface area contributed by atoms with E-state index in [2.05, 4.69) is 9.97 Å². The molecular formula is C15H14ClN3OS. The fourth-order valence-electron chi connectivity index (χ4n) is 2.23. The van der Waals surface area contributed by atoms with Gasteiger partial charge in [-0.05, 0) is 24.6 Å². The molecule has 0 spiro atoms. The zero-order chi connectivity index (χ0) is 14.8. The Bertz CT molecular complexity index is 645. The fraction of sp³-hybridized carbons (Fsp3) is 0.267. The van der Waals surface area contributed by atoms with Crippen LogP contribution in [0.15, 0.2) is 36.7 Å². The van der Waals surface area contributed by atoms with Gasteiger partial charge in [-0.25, -0.2) is 4.98 Å². The van der Waals surface area contributed by atoms with E-state index in [0.717, 1.165) is 17.0 Å². The first-order valence-electron chi connectivity index (χ1n) is 6.62. The van der Waals surface area contributed by atoms with Crippen molar-refractivity contribution in [2.45, 2.75) is 12.3 Å². The Morgan fingerprint density at radius 1 is 1.29 bits per heavy atom. The Balaban J connectivity index is 1.85. The van der Waals surface area contributed by atoms with E-state index in [9.17, 15) is 4.79 Å². The third kappa shape index (κ3) is 3.04. The van der Waals surface area contributed by atoms with Crippen LogP contribution in [0.5, 0.6) is 0 Å².